The van der Waals surface area contributed by atoms with Gasteiger partial charge in [-0.15, -0.1) is 0 Å². The lowest BCUT2D eigenvalue weighted by Crippen LogP contribution is -2.10. The van der Waals surface area contributed by atoms with E-state index >= 15 is 0 Å². The summed E-state index contributed by atoms with van der Waals surface area (Å²) in [5, 5.41) is 3.50. The van der Waals surface area contributed by atoms with Gasteiger partial charge in [-0.25, -0.2) is 4.98 Å². The second-order valence-corrected chi connectivity index (χ2v) is 5.33. The summed E-state index contributed by atoms with van der Waals surface area (Å²) in [6.45, 7) is 6.15. The molecule has 2 aromatic rings. The molecule has 0 fully saturated rings. The molecule has 1 aromatic carbocycles. The SMILES string of the molecule is CCCn1cncc1CNc1ccc(N(C)C)cc1C. The van der Waals surface area contributed by atoms with Gasteiger partial charge in [-0.3, -0.25) is 0 Å². The second-order valence-electron chi connectivity index (χ2n) is 5.33. The molecule has 20 heavy (non-hydrogen) atoms. The maximum Gasteiger partial charge on any atom is 0.0948 e. The molecule has 0 bridgehead atoms. The number of nitrogens with one attached hydrogen (secondary N) is 1. The highest BCUT2D eigenvalue weighted by molar-refractivity contribution is 5.59. The average molecular weight is 272 g/mol. The van der Waals surface area contributed by atoms with Gasteiger partial charge in [0.1, 0.15) is 0 Å². The maximum absolute atomic E-state index is 4.23. The molecule has 1 heterocycles. The van der Waals surface area contributed by atoms with Gasteiger partial charge in [0.05, 0.1) is 18.6 Å². The smallest absolute Gasteiger partial charge is 0.0948 e. The van der Waals surface area contributed by atoms with Crippen molar-refractivity contribution < 1.29 is 0 Å². The quantitative estimate of drug-likeness (QED) is 0.876. The predicted octanol–water partition coefficient (Wildman–Crippen LogP) is 3.28. The first-order valence-electron chi connectivity index (χ1n) is 7.12. The van der Waals surface area contributed by atoms with E-state index in [1.165, 1.54) is 22.6 Å². The minimum Gasteiger partial charge on any atom is -0.379 e. The summed E-state index contributed by atoms with van der Waals surface area (Å²) in [7, 11) is 4.12. The van der Waals surface area contributed by atoms with Gasteiger partial charge in [0.2, 0.25) is 0 Å². The van der Waals surface area contributed by atoms with Crippen LogP contribution in [0.1, 0.15) is 24.6 Å². The van der Waals surface area contributed by atoms with E-state index in [1.807, 2.05) is 12.5 Å². The molecular weight excluding hydrogens is 248 g/mol. The van der Waals surface area contributed by atoms with Gasteiger partial charge in [-0.1, -0.05) is 6.92 Å². The van der Waals surface area contributed by atoms with Gasteiger partial charge in [0.25, 0.3) is 0 Å². The Hall–Kier alpha value is -1.97. The van der Waals surface area contributed by atoms with Crippen molar-refractivity contribution in [2.24, 2.45) is 0 Å². The fraction of sp³-hybridized carbons (Fsp3) is 0.438. The molecule has 1 aromatic heterocycles. The topological polar surface area (TPSA) is 33.1 Å². The molecule has 0 aliphatic carbocycles. The monoisotopic (exact) mass is 272 g/mol. The zero-order valence-electron chi connectivity index (χ0n) is 12.8. The Morgan fingerprint density at radius 1 is 1.30 bits per heavy atom. The molecule has 1 N–H and O–H groups in total. The molecule has 4 nitrogen and oxygen atoms in total. The summed E-state index contributed by atoms with van der Waals surface area (Å²) in [5.41, 5.74) is 4.89. The highest BCUT2D eigenvalue weighted by Crippen LogP contribution is 2.21. The van der Waals surface area contributed by atoms with E-state index < -0.39 is 0 Å². The molecule has 0 unspecified atom stereocenters. The maximum atomic E-state index is 4.23. The molecular formula is C16H24N4. The normalized spacial score (nSPS) is 10.6. The zero-order valence-corrected chi connectivity index (χ0v) is 12.8. The van der Waals surface area contributed by atoms with Crippen LogP contribution in [-0.4, -0.2) is 23.6 Å². The van der Waals surface area contributed by atoms with Crippen molar-refractivity contribution in [1.29, 1.82) is 0 Å². The third kappa shape index (κ3) is 3.32. The van der Waals surface area contributed by atoms with Crippen LogP contribution in [0.15, 0.2) is 30.7 Å². The minimum atomic E-state index is 0.808. The van der Waals surface area contributed by atoms with Crippen molar-refractivity contribution in [2.75, 3.05) is 24.3 Å². The summed E-state index contributed by atoms with van der Waals surface area (Å²) in [4.78, 5) is 6.35. The Morgan fingerprint density at radius 2 is 2.10 bits per heavy atom. The summed E-state index contributed by atoms with van der Waals surface area (Å²) >= 11 is 0. The lowest BCUT2D eigenvalue weighted by Gasteiger charge is -2.16. The van der Waals surface area contributed by atoms with Crippen molar-refractivity contribution in [2.45, 2.75) is 33.4 Å². The average Bonchev–Trinajstić information content (AvgIpc) is 2.85. The molecule has 0 aliphatic heterocycles. The van der Waals surface area contributed by atoms with Crippen LogP contribution in [0.3, 0.4) is 0 Å². The van der Waals surface area contributed by atoms with Crippen molar-refractivity contribution >= 4 is 11.4 Å². The molecule has 0 saturated carbocycles. The van der Waals surface area contributed by atoms with E-state index in [9.17, 15) is 0 Å². The summed E-state index contributed by atoms with van der Waals surface area (Å²) < 4.78 is 2.20. The molecule has 0 radical (unpaired) electrons. The first-order valence-corrected chi connectivity index (χ1v) is 7.12. The minimum absolute atomic E-state index is 0.808. The largest absolute Gasteiger partial charge is 0.379 e. The number of imidazole rings is 1. The van der Waals surface area contributed by atoms with Gasteiger partial charge in [-0.05, 0) is 37.1 Å². The standard InChI is InChI=1S/C16H24N4/c1-5-8-20-12-17-10-15(20)11-18-16-7-6-14(19(3)4)9-13(16)2/h6-7,9-10,12,18H,5,8,11H2,1-4H3. The number of rotatable bonds is 6. The van der Waals surface area contributed by atoms with Crippen LogP contribution in [0.4, 0.5) is 11.4 Å². The fourth-order valence-corrected chi connectivity index (χ4v) is 2.25. The van der Waals surface area contributed by atoms with E-state index in [1.54, 1.807) is 0 Å². The van der Waals surface area contributed by atoms with Crippen LogP contribution < -0.4 is 10.2 Å². The Kier molecular flexibility index (Phi) is 4.66. The Balaban J connectivity index is 2.05. The van der Waals surface area contributed by atoms with Gasteiger partial charge in [0, 0.05) is 38.2 Å². The molecule has 0 atom stereocenters. The Bertz CT molecular complexity index is 557. The number of benzene rings is 1. The van der Waals surface area contributed by atoms with Crippen molar-refractivity contribution in [3.63, 3.8) is 0 Å². The highest BCUT2D eigenvalue weighted by Gasteiger charge is 2.04. The molecule has 0 aliphatic rings. The summed E-state index contributed by atoms with van der Waals surface area (Å²) in [6, 6.07) is 6.48. The van der Waals surface area contributed by atoms with Crippen LogP contribution in [-0.2, 0) is 13.1 Å². The van der Waals surface area contributed by atoms with Gasteiger partial charge < -0.3 is 14.8 Å². The fourth-order valence-electron chi connectivity index (χ4n) is 2.25. The van der Waals surface area contributed by atoms with Crippen LogP contribution >= 0.6 is 0 Å². The Labute approximate surface area is 121 Å². The first-order chi connectivity index (χ1) is 9.61. The van der Waals surface area contributed by atoms with E-state index in [2.05, 4.69) is 65.9 Å². The van der Waals surface area contributed by atoms with Crippen molar-refractivity contribution in [3.05, 3.63) is 42.0 Å². The number of nitrogens with zero attached hydrogens (tertiary/aromatic N) is 3. The van der Waals surface area contributed by atoms with E-state index in [0.717, 1.165) is 19.5 Å². The van der Waals surface area contributed by atoms with Crippen LogP contribution in [0.2, 0.25) is 0 Å². The van der Waals surface area contributed by atoms with Crippen LogP contribution in [0, 0.1) is 6.92 Å². The lowest BCUT2D eigenvalue weighted by molar-refractivity contribution is 0.651. The molecule has 0 amide bonds. The molecule has 108 valence electrons. The zero-order chi connectivity index (χ0) is 14.5. The number of anilines is 2. The molecule has 2 rings (SSSR count). The van der Waals surface area contributed by atoms with E-state index in [-0.39, 0.29) is 0 Å². The van der Waals surface area contributed by atoms with Crippen LogP contribution in [0.5, 0.6) is 0 Å². The number of hydrogen-bond donors (Lipinski definition) is 1. The highest BCUT2D eigenvalue weighted by atomic mass is 15.1. The summed E-state index contributed by atoms with van der Waals surface area (Å²) in [6.07, 6.45) is 4.97. The lowest BCUT2D eigenvalue weighted by atomic mass is 10.1. The number of hydrogen-bond acceptors (Lipinski definition) is 3. The molecule has 0 spiro atoms. The number of aryl methyl sites for hydroxylation is 2. The van der Waals surface area contributed by atoms with Gasteiger partial charge in [0.15, 0.2) is 0 Å². The van der Waals surface area contributed by atoms with E-state index in [0.29, 0.717) is 0 Å². The first kappa shape index (κ1) is 14.4. The number of aromatic nitrogens is 2. The van der Waals surface area contributed by atoms with Gasteiger partial charge >= 0.3 is 0 Å². The second kappa shape index (κ2) is 6.46. The van der Waals surface area contributed by atoms with Gasteiger partial charge in [-0.2, -0.15) is 0 Å². The van der Waals surface area contributed by atoms with Crippen molar-refractivity contribution in [1.82, 2.24) is 9.55 Å². The predicted molar refractivity (Wildman–Crippen MR) is 85.4 cm³/mol. The Morgan fingerprint density at radius 3 is 2.75 bits per heavy atom. The molecule has 0 saturated heterocycles. The summed E-state index contributed by atoms with van der Waals surface area (Å²) in [5.74, 6) is 0. The van der Waals surface area contributed by atoms with Crippen molar-refractivity contribution in [3.8, 4) is 0 Å². The van der Waals surface area contributed by atoms with Crippen LogP contribution in [0.25, 0.3) is 0 Å². The molecule has 4 heteroatoms. The van der Waals surface area contributed by atoms with E-state index in [4.69, 9.17) is 0 Å². The third-order valence-corrected chi connectivity index (χ3v) is 3.45. The third-order valence-electron chi connectivity index (χ3n) is 3.45.